The lowest BCUT2D eigenvalue weighted by Gasteiger charge is -1.73. The van der Waals surface area contributed by atoms with E-state index in [0.29, 0.717) is 4.88 Å². The first kappa shape index (κ1) is 6.01. The normalized spacial score (nSPS) is 10.9. The summed E-state index contributed by atoms with van der Waals surface area (Å²) < 4.78 is 0. The van der Waals surface area contributed by atoms with Crippen LogP contribution in [0, 0.1) is 11.3 Å². The van der Waals surface area contributed by atoms with E-state index in [0.717, 1.165) is 0 Å². The summed E-state index contributed by atoms with van der Waals surface area (Å²) >= 11 is 0. The van der Waals surface area contributed by atoms with Crippen molar-refractivity contribution in [3.8, 4) is 6.07 Å². The predicted octanol–water partition coefficient (Wildman–Crippen LogP) is -0.00162. The molecule has 1 aromatic heterocycles. The van der Waals surface area contributed by atoms with Gasteiger partial charge in [0.05, 0.1) is 0 Å². The van der Waals surface area contributed by atoms with Crippen molar-refractivity contribution in [2.24, 2.45) is 0 Å². The Balaban J connectivity index is 3.27. The van der Waals surface area contributed by atoms with Crippen molar-refractivity contribution in [2.45, 2.75) is 0 Å². The molecule has 0 spiro atoms. The van der Waals surface area contributed by atoms with Crippen LogP contribution in [0.3, 0.4) is 0 Å². The molecule has 4 nitrogen and oxygen atoms in total. The first-order chi connectivity index (χ1) is 4.25. The van der Waals surface area contributed by atoms with E-state index in [1.165, 1.54) is 5.51 Å². The predicted molar refractivity (Wildman–Crippen MR) is 36.0 cm³/mol. The smallest absolute Gasteiger partial charge is 0.314 e. The first-order valence-corrected chi connectivity index (χ1v) is 3.52. The summed E-state index contributed by atoms with van der Waals surface area (Å²) in [5.41, 5.74) is 6.75. The van der Waals surface area contributed by atoms with Gasteiger partial charge >= 0.3 is 4.88 Å². The highest BCUT2D eigenvalue weighted by Gasteiger charge is 2.14. The Morgan fingerprint density at radius 2 is 2.44 bits per heavy atom. The standard InChI is InChI=1S/C4H5N4S/c5-1-3-4(6)8-2-9(3)7/h2H,6-7H2/q+1. The molecule has 0 saturated carbocycles. The van der Waals surface area contributed by atoms with E-state index >= 15 is 0 Å². The minimum Gasteiger partial charge on any atom is -0.378 e. The third-order valence-electron chi connectivity index (χ3n) is 0.875. The van der Waals surface area contributed by atoms with Crippen LogP contribution in [-0.2, 0) is 0 Å². The number of thiazole rings is 1. The van der Waals surface area contributed by atoms with E-state index < -0.39 is 10.7 Å². The van der Waals surface area contributed by atoms with Crippen LogP contribution in [0.25, 0.3) is 0 Å². The largest absolute Gasteiger partial charge is 0.378 e. The minimum atomic E-state index is -0.639. The summed E-state index contributed by atoms with van der Waals surface area (Å²) in [7, 11) is -0.639. The molecule has 0 bridgehead atoms. The lowest BCUT2D eigenvalue weighted by atomic mass is 10.6. The van der Waals surface area contributed by atoms with E-state index in [9.17, 15) is 0 Å². The van der Waals surface area contributed by atoms with Crippen LogP contribution < -0.4 is 10.9 Å². The average Bonchev–Trinajstić information content (AvgIpc) is 2.12. The van der Waals surface area contributed by atoms with Gasteiger partial charge in [-0.1, -0.05) is 0 Å². The van der Waals surface area contributed by atoms with Gasteiger partial charge in [0.2, 0.25) is 5.82 Å². The van der Waals surface area contributed by atoms with Crippen LogP contribution in [0.1, 0.15) is 4.88 Å². The fraction of sp³-hybridized carbons (Fsp3) is 0. The number of nitrogens with zero attached hydrogens (tertiary/aromatic N) is 2. The first-order valence-electron chi connectivity index (χ1n) is 2.17. The zero-order valence-corrected chi connectivity index (χ0v) is 5.35. The lowest BCUT2D eigenvalue weighted by Crippen LogP contribution is -1.87. The molecule has 1 aromatic rings. The molecule has 0 saturated heterocycles. The monoisotopic (exact) mass is 141 g/mol. The Kier molecular flexibility index (Phi) is 1.34. The molecule has 4 N–H and O–H groups in total. The van der Waals surface area contributed by atoms with Crippen LogP contribution in [0.5, 0.6) is 0 Å². The molecule has 0 aromatic carbocycles. The van der Waals surface area contributed by atoms with Crippen molar-refractivity contribution in [3.05, 3.63) is 10.4 Å². The maximum Gasteiger partial charge on any atom is 0.314 e. The Morgan fingerprint density at radius 1 is 1.78 bits per heavy atom. The molecule has 0 fully saturated rings. The molecule has 1 unspecified atom stereocenters. The highest BCUT2D eigenvalue weighted by Crippen LogP contribution is 2.19. The summed E-state index contributed by atoms with van der Waals surface area (Å²) in [4.78, 5) is 4.05. The molecule has 1 heterocycles. The zero-order valence-electron chi connectivity index (χ0n) is 4.53. The van der Waals surface area contributed by atoms with Crippen LogP contribution in [0.4, 0.5) is 5.82 Å². The number of hydrogen-bond donors (Lipinski definition) is 2. The van der Waals surface area contributed by atoms with Gasteiger partial charge in [-0.3, -0.25) is 0 Å². The minimum absolute atomic E-state index is 0.253. The molecule has 46 valence electrons. The number of aromatic nitrogens is 1. The summed E-state index contributed by atoms with van der Waals surface area (Å²) in [6.07, 6.45) is 0. The summed E-state index contributed by atoms with van der Waals surface area (Å²) in [5.74, 6) is 0.253. The van der Waals surface area contributed by atoms with Crippen molar-refractivity contribution in [1.82, 2.24) is 4.98 Å². The second-order valence-corrected chi connectivity index (χ2v) is 2.80. The molecule has 5 heteroatoms. The maximum absolute atomic E-state index is 8.37. The number of nitrogens with two attached hydrogens (primary N) is 2. The van der Waals surface area contributed by atoms with Gasteiger partial charge in [0.15, 0.2) is 6.07 Å². The molecule has 0 aliphatic carbocycles. The number of rotatable bonds is 0. The van der Waals surface area contributed by atoms with E-state index in [2.05, 4.69) is 4.98 Å². The molecular formula is C4H5N4S+. The number of nitrogen functional groups attached to an aromatic ring is 2. The van der Waals surface area contributed by atoms with Gasteiger partial charge < -0.3 is 5.73 Å². The van der Waals surface area contributed by atoms with Crippen LogP contribution in [-0.4, -0.2) is 4.98 Å². The van der Waals surface area contributed by atoms with Crippen molar-refractivity contribution in [1.29, 1.82) is 5.26 Å². The maximum atomic E-state index is 8.37. The van der Waals surface area contributed by atoms with Gasteiger partial charge in [0.1, 0.15) is 10.7 Å². The lowest BCUT2D eigenvalue weighted by molar-refractivity contribution is 1.41. The van der Waals surface area contributed by atoms with Crippen LogP contribution in [0.15, 0.2) is 5.51 Å². The van der Waals surface area contributed by atoms with Crippen LogP contribution in [0.2, 0.25) is 0 Å². The average molecular weight is 141 g/mol. The second kappa shape index (κ2) is 2.01. The third kappa shape index (κ3) is 0.850. The van der Waals surface area contributed by atoms with Gasteiger partial charge in [-0.25, -0.2) is 0 Å². The Bertz CT molecular complexity index is 239. The Morgan fingerprint density at radius 3 is 2.67 bits per heavy atom. The van der Waals surface area contributed by atoms with Gasteiger partial charge in [-0.05, 0) is 0 Å². The highest BCUT2D eigenvalue weighted by molar-refractivity contribution is 7.30. The number of anilines is 1. The van der Waals surface area contributed by atoms with Gasteiger partial charge in [-0.2, -0.15) is 10.2 Å². The molecule has 0 amide bonds. The summed E-state index contributed by atoms with van der Waals surface area (Å²) in [6.45, 7) is 0. The highest BCUT2D eigenvalue weighted by atomic mass is 32.2. The SMILES string of the molecule is N#Cc1c(N)nc[s+]1N. The van der Waals surface area contributed by atoms with E-state index in [1.807, 2.05) is 6.07 Å². The number of hydrogen-bond acceptors (Lipinski definition) is 4. The molecule has 0 radical (unpaired) electrons. The molecule has 1 rings (SSSR count). The van der Waals surface area contributed by atoms with Crippen LogP contribution >= 0.6 is 10.7 Å². The van der Waals surface area contributed by atoms with Gasteiger partial charge in [-0.15, -0.1) is 5.14 Å². The van der Waals surface area contributed by atoms with Crippen molar-refractivity contribution in [3.63, 3.8) is 0 Å². The molecule has 9 heavy (non-hydrogen) atoms. The third-order valence-corrected chi connectivity index (χ3v) is 1.98. The zero-order chi connectivity index (χ0) is 6.85. The Hall–Kier alpha value is -1.12. The van der Waals surface area contributed by atoms with Gasteiger partial charge in [0.25, 0.3) is 5.51 Å². The summed E-state index contributed by atoms with van der Waals surface area (Å²) in [5, 5.41) is 13.8. The van der Waals surface area contributed by atoms with Crippen molar-refractivity contribution >= 4 is 16.5 Å². The molecule has 0 aliphatic heterocycles. The fourth-order valence-electron chi connectivity index (χ4n) is 0.456. The van der Waals surface area contributed by atoms with Crippen molar-refractivity contribution < 1.29 is 0 Å². The quantitative estimate of drug-likeness (QED) is 0.497. The van der Waals surface area contributed by atoms with Gasteiger partial charge in [0, 0.05) is 0 Å². The number of nitriles is 1. The van der Waals surface area contributed by atoms with E-state index in [1.54, 1.807) is 0 Å². The van der Waals surface area contributed by atoms with E-state index in [-0.39, 0.29) is 5.82 Å². The molecule has 0 aliphatic rings. The summed E-state index contributed by atoms with van der Waals surface area (Å²) in [6, 6.07) is 1.88. The van der Waals surface area contributed by atoms with Crippen molar-refractivity contribution in [2.75, 3.05) is 10.9 Å². The molecular weight excluding hydrogens is 136 g/mol. The Labute approximate surface area is 54.8 Å². The van der Waals surface area contributed by atoms with E-state index in [4.69, 9.17) is 16.1 Å². The molecule has 1 atom stereocenters. The second-order valence-electron chi connectivity index (χ2n) is 1.43. The topological polar surface area (TPSA) is 88.7 Å². The fourth-order valence-corrected chi connectivity index (χ4v) is 1.19.